The van der Waals surface area contributed by atoms with Crippen molar-refractivity contribution >= 4 is 0 Å². The minimum absolute atomic E-state index is 0.0860. The van der Waals surface area contributed by atoms with Crippen LogP contribution in [0.1, 0.15) is 112 Å². The van der Waals surface area contributed by atoms with E-state index in [0.29, 0.717) is 27.6 Å². The summed E-state index contributed by atoms with van der Waals surface area (Å²) in [5.41, 5.74) is 2.22. The second kappa shape index (κ2) is 5.80. The Balaban J connectivity index is 1.53. The molecule has 0 heterocycles. The highest BCUT2D eigenvalue weighted by Gasteiger charge is 2.69. The third-order valence-electron chi connectivity index (χ3n) is 12.8. The maximum Gasteiger partial charge on any atom is 0.0594 e. The Labute approximate surface area is 174 Å². The van der Waals surface area contributed by atoms with Gasteiger partial charge in [0, 0.05) is 0 Å². The summed E-state index contributed by atoms with van der Waals surface area (Å²) in [5.74, 6) is 3.52. The summed E-state index contributed by atoms with van der Waals surface area (Å²) in [6, 6.07) is 0. The van der Waals surface area contributed by atoms with Gasteiger partial charge in [-0.25, -0.2) is 0 Å². The van der Waals surface area contributed by atoms with Gasteiger partial charge < -0.3 is 5.11 Å². The van der Waals surface area contributed by atoms with Crippen LogP contribution in [-0.4, -0.2) is 11.2 Å². The number of aliphatic hydroxyl groups is 1. The zero-order valence-electron chi connectivity index (χ0n) is 19.6. The molecule has 5 fully saturated rings. The molecule has 0 aromatic rings. The van der Waals surface area contributed by atoms with Crippen molar-refractivity contribution in [1.29, 1.82) is 0 Å². The van der Waals surface area contributed by atoms with Crippen LogP contribution in [0.25, 0.3) is 0 Å². The minimum Gasteiger partial charge on any atom is -0.393 e. The zero-order chi connectivity index (χ0) is 20.2. The van der Waals surface area contributed by atoms with Crippen molar-refractivity contribution in [2.45, 2.75) is 118 Å². The molecule has 5 aliphatic carbocycles. The van der Waals surface area contributed by atoms with Crippen LogP contribution in [0, 0.1) is 50.7 Å². The summed E-state index contributed by atoms with van der Waals surface area (Å²) in [5, 5.41) is 10.8. The lowest BCUT2D eigenvalue weighted by atomic mass is 9.32. The van der Waals surface area contributed by atoms with Crippen LogP contribution in [0.3, 0.4) is 0 Å². The summed E-state index contributed by atoms with van der Waals surface area (Å²) in [6.45, 7) is 15.5. The van der Waals surface area contributed by atoms with Gasteiger partial charge in [0.05, 0.1) is 6.10 Å². The van der Waals surface area contributed by atoms with Gasteiger partial charge in [0.1, 0.15) is 0 Å². The first-order valence-electron chi connectivity index (χ1n) is 12.7. The first-order valence-corrected chi connectivity index (χ1v) is 12.7. The molecule has 9 atom stereocenters. The Morgan fingerprint density at radius 2 is 1.36 bits per heavy atom. The normalized spacial score (nSPS) is 60.3. The average molecular weight is 387 g/mol. The topological polar surface area (TPSA) is 20.2 Å². The highest BCUT2D eigenvalue weighted by atomic mass is 16.3. The van der Waals surface area contributed by atoms with Gasteiger partial charge in [-0.1, -0.05) is 48.0 Å². The van der Waals surface area contributed by atoms with Crippen LogP contribution in [0.5, 0.6) is 0 Å². The summed E-state index contributed by atoms with van der Waals surface area (Å²) in [4.78, 5) is 0. The first kappa shape index (κ1) is 19.9. The van der Waals surface area contributed by atoms with Crippen LogP contribution in [-0.2, 0) is 0 Å². The monoisotopic (exact) mass is 386 g/mol. The van der Waals surface area contributed by atoms with E-state index in [4.69, 9.17) is 0 Å². The third kappa shape index (κ3) is 2.19. The SMILES string of the molecule is CC1(C)[C@@H](O)CC[C@]2(C)[C@H]3CC[C@@H]4[C@H]5CCC[C@]5(C)CC[C@@]4(C)[C@]3(C)CC[C@@H]12. The lowest BCUT2D eigenvalue weighted by Gasteiger charge is -2.72. The molecule has 5 saturated carbocycles. The Kier molecular flexibility index (Phi) is 4.12. The molecule has 5 rings (SSSR count). The minimum atomic E-state index is -0.101. The molecule has 0 unspecified atom stereocenters. The Morgan fingerprint density at radius 1 is 0.607 bits per heavy atom. The highest BCUT2D eigenvalue weighted by Crippen LogP contribution is 2.76. The second-order valence-corrected chi connectivity index (χ2v) is 13.7. The van der Waals surface area contributed by atoms with Crippen molar-refractivity contribution in [1.82, 2.24) is 0 Å². The number of hydrogen-bond donors (Lipinski definition) is 1. The fourth-order valence-electron chi connectivity index (χ4n) is 10.9. The molecular weight excluding hydrogens is 340 g/mol. The number of rotatable bonds is 0. The quantitative estimate of drug-likeness (QED) is 0.466. The van der Waals surface area contributed by atoms with E-state index in [-0.39, 0.29) is 11.5 Å². The van der Waals surface area contributed by atoms with Gasteiger partial charge >= 0.3 is 0 Å². The predicted octanol–water partition coefficient (Wildman–Crippen LogP) is 7.22. The summed E-state index contributed by atoms with van der Waals surface area (Å²) in [6.07, 6.45) is 15.3. The van der Waals surface area contributed by atoms with Gasteiger partial charge in [0.2, 0.25) is 0 Å². The molecule has 0 radical (unpaired) electrons. The van der Waals surface area contributed by atoms with E-state index >= 15 is 0 Å². The molecule has 5 aliphatic rings. The molecule has 1 nitrogen and oxygen atoms in total. The van der Waals surface area contributed by atoms with Gasteiger partial charge in [0.25, 0.3) is 0 Å². The van der Waals surface area contributed by atoms with Crippen molar-refractivity contribution in [3.63, 3.8) is 0 Å². The molecule has 1 heteroatoms. The van der Waals surface area contributed by atoms with E-state index < -0.39 is 0 Å². The van der Waals surface area contributed by atoms with Crippen LogP contribution in [0.15, 0.2) is 0 Å². The molecule has 0 aromatic carbocycles. The van der Waals surface area contributed by atoms with Crippen molar-refractivity contribution in [2.24, 2.45) is 50.7 Å². The molecule has 0 aromatic heterocycles. The van der Waals surface area contributed by atoms with Crippen molar-refractivity contribution in [2.75, 3.05) is 0 Å². The molecule has 0 bridgehead atoms. The zero-order valence-corrected chi connectivity index (χ0v) is 19.6. The molecule has 0 saturated heterocycles. The van der Waals surface area contributed by atoms with E-state index in [9.17, 15) is 5.11 Å². The Morgan fingerprint density at radius 3 is 2.11 bits per heavy atom. The molecule has 160 valence electrons. The summed E-state index contributed by atoms with van der Waals surface area (Å²) in [7, 11) is 0. The van der Waals surface area contributed by atoms with Crippen LogP contribution < -0.4 is 0 Å². The van der Waals surface area contributed by atoms with Crippen LogP contribution in [0.4, 0.5) is 0 Å². The largest absolute Gasteiger partial charge is 0.393 e. The van der Waals surface area contributed by atoms with Crippen LogP contribution in [0.2, 0.25) is 0 Å². The van der Waals surface area contributed by atoms with E-state index in [1.807, 2.05) is 0 Å². The maximum atomic E-state index is 10.8. The average Bonchev–Trinajstić information content (AvgIpc) is 3.01. The smallest absolute Gasteiger partial charge is 0.0594 e. The van der Waals surface area contributed by atoms with Gasteiger partial charge in [-0.05, 0) is 115 Å². The second-order valence-electron chi connectivity index (χ2n) is 13.7. The number of fused-ring (bicyclic) bond motifs is 7. The predicted molar refractivity (Wildman–Crippen MR) is 117 cm³/mol. The molecule has 0 aliphatic heterocycles. The molecule has 1 N–H and O–H groups in total. The van der Waals surface area contributed by atoms with Crippen molar-refractivity contribution < 1.29 is 5.11 Å². The van der Waals surface area contributed by atoms with Crippen molar-refractivity contribution in [3.05, 3.63) is 0 Å². The molecule has 0 spiro atoms. The lowest BCUT2D eigenvalue weighted by Crippen LogP contribution is -2.66. The number of aliphatic hydroxyl groups excluding tert-OH is 1. The van der Waals surface area contributed by atoms with E-state index in [2.05, 4.69) is 41.5 Å². The first-order chi connectivity index (χ1) is 13.0. The van der Waals surface area contributed by atoms with Crippen LogP contribution >= 0.6 is 0 Å². The van der Waals surface area contributed by atoms with E-state index in [0.717, 1.165) is 24.2 Å². The highest BCUT2D eigenvalue weighted by molar-refractivity contribution is 5.18. The fraction of sp³-hybridized carbons (Fsp3) is 1.00. The third-order valence-corrected chi connectivity index (χ3v) is 12.8. The molecular formula is C27H46O. The van der Waals surface area contributed by atoms with Gasteiger partial charge in [-0.3, -0.25) is 0 Å². The Bertz CT molecular complexity index is 653. The Hall–Kier alpha value is -0.0400. The maximum absolute atomic E-state index is 10.8. The summed E-state index contributed by atoms with van der Waals surface area (Å²) < 4.78 is 0. The van der Waals surface area contributed by atoms with Crippen molar-refractivity contribution in [3.8, 4) is 0 Å². The van der Waals surface area contributed by atoms with E-state index in [1.54, 1.807) is 0 Å². The van der Waals surface area contributed by atoms with Gasteiger partial charge in [0.15, 0.2) is 0 Å². The van der Waals surface area contributed by atoms with Gasteiger partial charge in [-0.15, -0.1) is 0 Å². The molecule has 28 heavy (non-hydrogen) atoms. The summed E-state index contributed by atoms with van der Waals surface area (Å²) >= 11 is 0. The molecule has 0 amide bonds. The standard InChI is InChI=1S/C27H46O/c1-23(2)20-11-15-27(6)21(25(20,4)14-12-22(23)28)10-9-19-18-8-7-13-24(18,3)16-17-26(19,27)5/h18-22,28H,7-17H2,1-6H3/t18-,19-,20+,21-,22+,24-,25+,26-,27-/m1/s1. The van der Waals surface area contributed by atoms with E-state index in [1.165, 1.54) is 64.2 Å². The van der Waals surface area contributed by atoms with Gasteiger partial charge in [-0.2, -0.15) is 0 Å². The number of hydrogen-bond acceptors (Lipinski definition) is 1. The fourth-order valence-corrected chi connectivity index (χ4v) is 10.9. The lowest BCUT2D eigenvalue weighted by molar-refractivity contribution is -0.244.